The van der Waals surface area contributed by atoms with Gasteiger partial charge >= 0.3 is 0 Å². The minimum Gasteiger partial charge on any atom is -0.326 e. The third-order valence-electron chi connectivity index (χ3n) is 7.08. The van der Waals surface area contributed by atoms with E-state index in [4.69, 9.17) is 0 Å². The van der Waals surface area contributed by atoms with Crippen molar-refractivity contribution in [2.75, 3.05) is 0 Å². The van der Waals surface area contributed by atoms with Gasteiger partial charge in [-0.2, -0.15) is 0 Å². The first-order valence-electron chi connectivity index (χ1n) is 12.1. The number of hydrogen-bond acceptors (Lipinski definition) is 3. The molecule has 0 saturated heterocycles. The molecule has 1 aliphatic carbocycles. The van der Waals surface area contributed by atoms with E-state index in [9.17, 15) is 9.59 Å². The Bertz CT molecular complexity index is 1430. The second kappa shape index (κ2) is 9.37. The van der Waals surface area contributed by atoms with E-state index in [1.165, 1.54) is 5.56 Å². The molecule has 1 amide bonds. The van der Waals surface area contributed by atoms with Gasteiger partial charge in [-0.1, -0.05) is 48.5 Å². The Labute approximate surface area is 205 Å². The molecule has 1 aliphatic rings. The normalized spacial score (nSPS) is 15.0. The van der Waals surface area contributed by atoms with Gasteiger partial charge in [0.15, 0.2) is 0 Å². The summed E-state index contributed by atoms with van der Waals surface area (Å²) < 4.78 is 3.54. The highest BCUT2D eigenvalue weighted by Gasteiger charge is 2.32. The molecule has 2 aromatic carbocycles. The summed E-state index contributed by atoms with van der Waals surface area (Å²) in [6, 6.07) is 23.3. The van der Waals surface area contributed by atoms with E-state index in [0.717, 1.165) is 41.9 Å². The number of aryl methyl sites for hydroxylation is 2. The number of pyridine rings is 1. The first kappa shape index (κ1) is 22.8. The number of nitrogens with zero attached hydrogens (tertiary/aromatic N) is 4. The average molecular weight is 467 g/mol. The number of fused-ring (bicyclic) bond motifs is 1. The van der Waals surface area contributed by atoms with E-state index in [1.807, 2.05) is 79.0 Å². The van der Waals surface area contributed by atoms with Crippen molar-refractivity contribution in [2.24, 2.45) is 7.05 Å². The maximum Gasteiger partial charge on any atom is 0.276 e. The average Bonchev–Trinajstić information content (AvgIpc) is 3.09. The Balaban J connectivity index is 1.62. The Morgan fingerprint density at radius 2 is 1.74 bits per heavy atom. The summed E-state index contributed by atoms with van der Waals surface area (Å²) in [5, 5.41) is 0. The summed E-state index contributed by atoms with van der Waals surface area (Å²) in [6.07, 6.45) is 2.85. The van der Waals surface area contributed by atoms with Crippen LogP contribution in [0.15, 0.2) is 77.6 Å². The Kier molecular flexibility index (Phi) is 6.12. The molecule has 0 aliphatic heterocycles. The zero-order chi connectivity index (χ0) is 24.5. The summed E-state index contributed by atoms with van der Waals surface area (Å²) >= 11 is 0. The number of carbonyl (C=O) groups is 1. The zero-order valence-electron chi connectivity index (χ0n) is 20.4. The van der Waals surface area contributed by atoms with Crippen molar-refractivity contribution in [3.05, 3.63) is 117 Å². The van der Waals surface area contributed by atoms with Gasteiger partial charge in [0.25, 0.3) is 11.5 Å². The molecule has 0 spiro atoms. The number of amides is 1. The zero-order valence-corrected chi connectivity index (χ0v) is 20.4. The van der Waals surface area contributed by atoms with Crippen molar-refractivity contribution in [3.8, 4) is 5.69 Å². The SMILES string of the molecule is Cc1cccc(C(=O)N(Cc2c(C)n(C)n(-c3ccccc3)c2=O)C2CCCc3ccccc32)n1. The molecule has 2 heterocycles. The first-order chi connectivity index (χ1) is 17.0. The lowest BCUT2D eigenvalue weighted by Crippen LogP contribution is -2.38. The molecule has 0 bridgehead atoms. The lowest BCUT2D eigenvalue weighted by molar-refractivity contribution is 0.0630. The van der Waals surface area contributed by atoms with Crippen molar-refractivity contribution in [2.45, 2.75) is 45.7 Å². The molecule has 0 radical (unpaired) electrons. The van der Waals surface area contributed by atoms with Crippen LogP contribution in [0.3, 0.4) is 0 Å². The highest BCUT2D eigenvalue weighted by molar-refractivity contribution is 5.92. The minimum absolute atomic E-state index is 0.102. The fourth-order valence-corrected chi connectivity index (χ4v) is 5.16. The van der Waals surface area contributed by atoms with Gasteiger partial charge in [-0.15, -0.1) is 0 Å². The van der Waals surface area contributed by atoms with E-state index < -0.39 is 0 Å². The van der Waals surface area contributed by atoms with Crippen molar-refractivity contribution < 1.29 is 4.79 Å². The van der Waals surface area contributed by atoms with Gasteiger partial charge in [0.2, 0.25) is 0 Å². The van der Waals surface area contributed by atoms with Crippen LogP contribution in [0.2, 0.25) is 0 Å². The number of benzene rings is 2. The maximum absolute atomic E-state index is 13.9. The van der Waals surface area contributed by atoms with Crippen LogP contribution in [-0.4, -0.2) is 25.2 Å². The van der Waals surface area contributed by atoms with E-state index in [0.29, 0.717) is 11.3 Å². The largest absolute Gasteiger partial charge is 0.326 e. The summed E-state index contributed by atoms with van der Waals surface area (Å²) in [7, 11) is 1.89. The fraction of sp³-hybridized carbons (Fsp3) is 0.276. The van der Waals surface area contributed by atoms with Crippen LogP contribution >= 0.6 is 0 Å². The maximum atomic E-state index is 13.9. The van der Waals surface area contributed by atoms with Crippen molar-refractivity contribution in [1.29, 1.82) is 0 Å². The molecule has 35 heavy (non-hydrogen) atoms. The second-order valence-corrected chi connectivity index (χ2v) is 9.24. The number of rotatable bonds is 5. The summed E-state index contributed by atoms with van der Waals surface area (Å²) in [5.74, 6) is -0.149. The van der Waals surface area contributed by atoms with Gasteiger partial charge in [-0.25, -0.2) is 9.67 Å². The van der Waals surface area contributed by atoms with Crippen LogP contribution in [0.5, 0.6) is 0 Å². The molecule has 2 aromatic heterocycles. The van der Waals surface area contributed by atoms with Crippen LogP contribution in [0.25, 0.3) is 5.69 Å². The molecule has 1 atom stereocenters. The van der Waals surface area contributed by atoms with Gasteiger partial charge in [-0.3, -0.25) is 14.3 Å². The van der Waals surface area contributed by atoms with E-state index in [-0.39, 0.29) is 24.1 Å². The summed E-state index contributed by atoms with van der Waals surface area (Å²) in [6.45, 7) is 4.06. The van der Waals surface area contributed by atoms with Crippen molar-refractivity contribution in [3.63, 3.8) is 0 Å². The van der Waals surface area contributed by atoms with Crippen molar-refractivity contribution in [1.82, 2.24) is 19.2 Å². The Morgan fingerprint density at radius 3 is 2.51 bits per heavy atom. The number of hydrogen-bond donors (Lipinski definition) is 0. The summed E-state index contributed by atoms with van der Waals surface area (Å²) in [5.41, 5.74) is 5.80. The smallest absolute Gasteiger partial charge is 0.276 e. The highest BCUT2D eigenvalue weighted by atomic mass is 16.2. The van der Waals surface area contributed by atoms with Crippen molar-refractivity contribution >= 4 is 5.91 Å². The van der Waals surface area contributed by atoms with E-state index in [1.54, 1.807) is 10.7 Å². The molecule has 6 heteroatoms. The van der Waals surface area contributed by atoms with Crippen LogP contribution in [0.1, 0.15) is 57.5 Å². The lowest BCUT2D eigenvalue weighted by atomic mass is 9.86. The number of carbonyl (C=O) groups excluding carboxylic acids is 1. The molecule has 4 aromatic rings. The van der Waals surface area contributed by atoms with Crippen LogP contribution < -0.4 is 5.56 Å². The second-order valence-electron chi connectivity index (χ2n) is 9.24. The number of aromatic nitrogens is 3. The lowest BCUT2D eigenvalue weighted by Gasteiger charge is -2.35. The molecule has 0 saturated carbocycles. The van der Waals surface area contributed by atoms with Crippen LogP contribution in [0.4, 0.5) is 0 Å². The van der Waals surface area contributed by atoms with E-state index >= 15 is 0 Å². The minimum atomic E-state index is -0.149. The van der Waals surface area contributed by atoms with Gasteiger partial charge in [0.1, 0.15) is 5.69 Å². The van der Waals surface area contributed by atoms with Crippen LogP contribution in [-0.2, 0) is 20.0 Å². The molecule has 1 unspecified atom stereocenters. The van der Waals surface area contributed by atoms with Gasteiger partial charge in [-0.05, 0) is 68.5 Å². The molecule has 6 nitrogen and oxygen atoms in total. The third-order valence-corrected chi connectivity index (χ3v) is 7.08. The Morgan fingerprint density at radius 1 is 1.00 bits per heavy atom. The quantitative estimate of drug-likeness (QED) is 0.420. The standard InChI is InChI=1S/C29H30N4O2/c1-20-11-9-17-26(30-20)29(35)32(27-18-10-13-22-12-7-8-16-24(22)27)19-25-21(2)31(3)33(28(25)34)23-14-5-4-6-15-23/h4-9,11-12,14-17,27H,10,13,18-19H2,1-3H3. The van der Waals surface area contributed by atoms with Gasteiger partial charge in [0, 0.05) is 18.4 Å². The topological polar surface area (TPSA) is 60.1 Å². The van der Waals surface area contributed by atoms with Gasteiger partial charge < -0.3 is 4.90 Å². The molecule has 178 valence electrons. The third kappa shape index (κ3) is 4.20. The van der Waals surface area contributed by atoms with Crippen LogP contribution in [0, 0.1) is 13.8 Å². The molecular weight excluding hydrogens is 436 g/mol. The molecular formula is C29H30N4O2. The monoisotopic (exact) mass is 466 g/mol. The highest BCUT2D eigenvalue weighted by Crippen LogP contribution is 2.36. The first-order valence-corrected chi connectivity index (χ1v) is 12.1. The molecule has 0 N–H and O–H groups in total. The molecule has 0 fully saturated rings. The van der Waals surface area contributed by atoms with Gasteiger partial charge in [0.05, 0.1) is 23.8 Å². The fourth-order valence-electron chi connectivity index (χ4n) is 5.16. The molecule has 5 rings (SSSR count). The predicted octanol–water partition coefficient (Wildman–Crippen LogP) is 4.91. The Hall–Kier alpha value is -3.93. The number of para-hydroxylation sites is 1. The van der Waals surface area contributed by atoms with E-state index in [2.05, 4.69) is 23.2 Å². The summed E-state index contributed by atoms with van der Waals surface area (Å²) in [4.78, 5) is 34.0. The predicted molar refractivity (Wildman–Crippen MR) is 137 cm³/mol.